The summed E-state index contributed by atoms with van der Waals surface area (Å²) < 4.78 is 13.0. The average molecular weight is 200 g/mol. The van der Waals surface area contributed by atoms with Crippen molar-refractivity contribution in [3.63, 3.8) is 0 Å². The number of hydrogen-bond acceptors (Lipinski definition) is 1. The third-order valence-corrected chi connectivity index (χ3v) is 2.95. The number of nitrogens with two attached hydrogens (primary N) is 1. The summed E-state index contributed by atoms with van der Waals surface area (Å²) in [6, 6.07) is 3.41. The minimum atomic E-state index is -0.323. The molecule has 13 heavy (non-hydrogen) atoms. The fourth-order valence-electron chi connectivity index (χ4n) is 1.81. The molecule has 0 radical (unpaired) electrons. The quantitative estimate of drug-likeness (QED) is 0.682. The molecule has 0 aliphatic heterocycles. The van der Waals surface area contributed by atoms with Crippen molar-refractivity contribution in [3.05, 3.63) is 34.1 Å². The zero-order chi connectivity index (χ0) is 9.42. The smallest absolute Gasteiger partial charge is 0.142 e. The Hall–Kier alpha value is -0.600. The minimum absolute atomic E-state index is 0.203. The van der Waals surface area contributed by atoms with Crippen molar-refractivity contribution in [2.45, 2.75) is 25.3 Å². The largest absolute Gasteiger partial charge is 0.327 e. The average Bonchev–Trinajstić information content (AvgIpc) is 2.12. The molecule has 0 unspecified atom stereocenters. The first kappa shape index (κ1) is 8.97. The molecule has 1 aliphatic rings. The summed E-state index contributed by atoms with van der Waals surface area (Å²) in [6.07, 6.45) is 2.51. The van der Waals surface area contributed by atoms with Crippen LogP contribution in [0.4, 0.5) is 4.39 Å². The van der Waals surface area contributed by atoms with Crippen LogP contribution in [0.1, 0.15) is 17.5 Å². The minimum Gasteiger partial charge on any atom is -0.327 e. The molecule has 0 spiro atoms. The highest BCUT2D eigenvalue weighted by molar-refractivity contribution is 6.31. The molecule has 0 fully saturated rings. The van der Waals surface area contributed by atoms with Crippen LogP contribution in [0.15, 0.2) is 12.1 Å². The molecular formula is C10H11ClFN. The van der Waals surface area contributed by atoms with Gasteiger partial charge in [0.25, 0.3) is 0 Å². The molecule has 0 saturated heterocycles. The standard InChI is InChI=1S/C10H11ClFN/c11-10-8-3-2-7(13)5-6(8)1-4-9(10)12/h1,4,7H,2-3,5,13H2/t7-/m0/s1. The molecule has 1 aromatic rings. The van der Waals surface area contributed by atoms with E-state index in [1.165, 1.54) is 6.07 Å². The lowest BCUT2D eigenvalue weighted by atomic mass is 9.89. The van der Waals surface area contributed by atoms with Gasteiger partial charge in [-0.1, -0.05) is 17.7 Å². The molecule has 2 N–H and O–H groups in total. The van der Waals surface area contributed by atoms with E-state index in [2.05, 4.69) is 0 Å². The molecular weight excluding hydrogens is 189 g/mol. The summed E-state index contributed by atoms with van der Waals surface area (Å²) in [5, 5.41) is 0.282. The zero-order valence-electron chi connectivity index (χ0n) is 7.19. The molecule has 1 aromatic carbocycles. The van der Waals surface area contributed by atoms with Gasteiger partial charge >= 0.3 is 0 Å². The van der Waals surface area contributed by atoms with Gasteiger partial charge in [-0.2, -0.15) is 0 Å². The summed E-state index contributed by atoms with van der Waals surface area (Å²) in [5.74, 6) is -0.323. The van der Waals surface area contributed by atoms with E-state index >= 15 is 0 Å². The normalized spacial score (nSPS) is 21.3. The van der Waals surface area contributed by atoms with Crippen molar-refractivity contribution < 1.29 is 4.39 Å². The molecule has 0 bridgehead atoms. The highest BCUT2D eigenvalue weighted by Crippen LogP contribution is 2.29. The van der Waals surface area contributed by atoms with Crippen LogP contribution in [0.2, 0.25) is 5.02 Å². The third kappa shape index (κ3) is 1.56. The van der Waals surface area contributed by atoms with E-state index in [1.807, 2.05) is 0 Å². The van der Waals surface area contributed by atoms with E-state index in [-0.39, 0.29) is 16.9 Å². The Morgan fingerprint density at radius 3 is 3.00 bits per heavy atom. The summed E-state index contributed by atoms with van der Waals surface area (Å²) in [6.45, 7) is 0. The SMILES string of the molecule is N[C@H]1CCc2c(ccc(F)c2Cl)C1. The second kappa shape index (κ2) is 3.28. The topological polar surface area (TPSA) is 26.0 Å². The maximum absolute atomic E-state index is 13.0. The maximum atomic E-state index is 13.0. The van der Waals surface area contributed by atoms with Crippen LogP contribution >= 0.6 is 11.6 Å². The van der Waals surface area contributed by atoms with Gasteiger partial charge in [0, 0.05) is 6.04 Å². The van der Waals surface area contributed by atoms with Gasteiger partial charge in [0.2, 0.25) is 0 Å². The van der Waals surface area contributed by atoms with Gasteiger partial charge in [-0.25, -0.2) is 4.39 Å². The Morgan fingerprint density at radius 1 is 1.46 bits per heavy atom. The predicted octanol–water partition coefficient (Wildman–Crippen LogP) is 2.30. The van der Waals surface area contributed by atoms with Gasteiger partial charge < -0.3 is 5.73 Å². The van der Waals surface area contributed by atoms with Crippen LogP contribution in [0, 0.1) is 5.82 Å². The lowest BCUT2D eigenvalue weighted by Gasteiger charge is -2.22. The van der Waals surface area contributed by atoms with Crippen molar-refractivity contribution in [1.29, 1.82) is 0 Å². The Bertz CT molecular complexity index is 338. The number of hydrogen-bond donors (Lipinski definition) is 1. The number of benzene rings is 1. The molecule has 0 aromatic heterocycles. The summed E-state index contributed by atoms with van der Waals surface area (Å²) in [5.41, 5.74) is 7.85. The van der Waals surface area contributed by atoms with Gasteiger partial charge in [0.1, 0.15) is 5.82 Å². The van der Waals surface area contributed by atoms with Crippen molar-refractivity contribution in [3.8, 4) is 0 Å². The molecule has 1 atom stereocenters. The van der Waals surface area contributed by atoms with Gasteiger partial charge in [0.15, 0.2) is 0 Å². The molecule has 1 aliphatic carbocycles. The van der Waals surface area contributed by atoms with Gasteiger partial charge in [-0.05, 0) is 36.5 Å². The Kier molecular flexibility index (Phi) is 2.26. The van der Waals surface area contributed by atoms with E-state index in [4.69, 9.17) is 17.3 Å². The van der Waals surface area contributed by atoms with Crippen molar-refractivity contribution in [1.82, 2.24) is 0 Å². The summed E-state index contributed by atoms with van der Waals surface area (Å²) in [7, 11) is 0. The lowest BCUT2D eigenvalue weighted by Crippen LogP contribution is -2.28. The van der Waals surface area contributed by atoms with Crippen LogP contribution in [0.3, 0.4) is 0 Å². The Labute approximate surface area is 81.7 Å². The van der Waals surface area contributed by atoms with E-state index < -0.39 is 0 Å². The molecule has 0 amide bonds. The highest BCUT2D eigenvalue weighted by Gasteiger charge is 2.19. The Balaban J connectivity index is 2.47. The maximum Gasteiger partial charge on any atom is 0.142 e. The second-order valence-electron chi connectivity index (χ2n) is 3.50. The Morgan fingerprint density at radius 2 is 2.23 bits per heavy atom. The van der Waals surface area contributed by atoms with Gasteiger partial charge in [-0.15, -0.1) is 0 Å². The summed E-state index contributed by atoms with van der Waals surface area (Å²) in [4.78, 5) is 0. The first-order chi connectivity index (χ1) is 6.18. The molecule has 1 nitrogen and oxygen atoms in total. The van der Waals surface area contributed by atoms with Crippen molar-refractivity contribution in [2.75, 3.05) is 0 Å². The fourth-order valence-corrected chi connectivity index (χ4v) is 2.09. The molecule has 2 rings (SSSR count). The fraction of sp³-hybridized carbons (Fsp3) is 0.400. The van der Waals surface area contributed by atoms with Crippen LogP contribution in [-0.2, 0) is 12.8 Å². The third-order valence-electron chi connectivity index (χ3n) is 2.54. The van der Waals surface area contributed by atoms with E-state index in [0.717, 1.165) is 30.4 Å². The number of halogens is 2. The molecule has 0 heterocycles. The molecule has 0 saturated carbocycles. The highest BCUT2D eigenvalue weighted by atomic mass is 35.5. The number of rotatable bonds is 0. The first-order valence-corrected chi connectivity index (χ1v) is 4.77. The van der Waals surface area contributed by atoms with E-state index in [9.17, 15) is 4.39 Å². The zero-order valence-corrected chi connectivity index (χ0v) is 7.94. The van der Waals surface area contributed by atoms with Crippen molar-refractivity contribution >= 4 is 11.6 Å². The second-order valence-corrected chi connectivity index (χ2v) is 3.88. The van der Waals surface area contributed by atoms with Crippen molar-refractivity contribution in [2.24, 2.45) is 5.73 Å². The first-order valence-electron chi connectivity index (χ1n) is 4.40. The van der Waals surface area contributed by atoms with E-state index in [0.29, 0.717) is 0 Å². The van der Waals surface area contributed by atoms with Crippen LogP contribution in [0.25, 0.3) is 0 Å². The lowest BCUT2D eigenvalue weighted by molar-refractivity contribution is 0.566. The van der Waals surface area contributed by atoms with Gasteiger partial charge in [0.05, 0.1) is 5.02 Å². The monoisotopic (exact) mass is 199 g/mol. The van der Waals surface area contributed by atoms with Crippen LogP contribution in [-0.4, -0.2) is 6.04 Å². The van der Waals surface area contributed by atoms with E-state index in [1.54, 1.807) is 6.07 Å². The number of fused-ring (bicyclic) bond motifs is 1. The molecule has 70 valence electrons. The molecule has 3 heteroatoms. The summed E-state index contributed by atoms with van der Waals surface area (Å²) >= 11 is 5.84. The predicted molar refractivity (Wildman–Crippen MR) is 51.4 cm³/mol. The van der Waals surface area contributed by atoms with Gasteiger partial charge in [-0.3, -0.25) is 0 Å². The van der Waals surface area contributed by atoms with Crippen LogP contribution in [0.5, 0.6) is 0 Å². The van der Waals surface area contributed by atoms with Crippen LogP contribution < -0.4 is 5.73 Å².